The van der Waals surface area contributed by atoms with Crippen molar-refractivity contribution in [2.24, 2.45) is 0 Å². The highest BCUT2D eigenvalue weighted by atomic mass is 16.1. The highest BCUT2D eigenvalue weighted by molar-refractivity contribution is 5.78. The van der Waals surface area contributed by atoms with Crippen molar-refractivity contribution in [1.29, 1.82) is 0 Å². The van der Waals surface area contributed by atoms with Crippen LogP contribution in [-0.4, -0.2) is 5.78 Å². The normalized spacial score (nSPS) is 12.1. The molecule has 0 bridgehead atoms. The van der Waals surface area contributed by atoms with Crippen molar-refractivity contribution in [2.75, 3.05) is 0 Å². The topological polar surface area (TPSA) is 17.1 Å². The Morgan fingerprint density at radius 1 is 1.33 bits per heavy atom. The van der Waals surface area contributed by atoms with Gasteiger partial charge in [-0.05, 0) is 26.3 Å². The number of rotatable bonds is 4. The predicted octanol–water partition coefficient (Wildman–Crippen LogP) is 3.04. The van der Waals surface area contributed by atoms with Gasteiger partial charge in [-0.3, -0.25) is 4.79 Å². The maximum absolute atomic E-state index is 10.8. The predicted molar refractivity (Wildman–Crippen MR) is 53.0 cm³/mol. The molecule has 0 aliphatic carbocycles. The van der Waals surface area contributed by atoms with Gasteiger partial charge in [-0.2, -0.15) is 0 Å². The van der Waals surface area contributed by atoms with Crippen LogP contribution in [0.15, 0.2) is 36.0 Å². The number of hydrogen-bond donors (Lipinski definition) is 0. The molecule has 1 nitrogen and oxygen atoms in total. The first-order valence-corrected chi connectivity index (χ1v) is 4.04. The molecule has 0 saturated heterocycles. The van der Waals surface area contributed by atoms with E-state index in [1.165, 1.54) is 0 Å². The lowest BCUT2D eigenvalue weighted by molar-refractivity contribution is -0.116. The maximum atomic E-state index is 10.8. The van der Waals surface area contributed by atoms with E-state index in [9.17, 15) is 4.79 Å². The quantitative estimate of drug-likeness (QED) is 0.584. The summed E-state index contributed by atoms with van der Waals surface area (Å²) in [5.41, 5.74) is 2.04. The molecule has 0 aromatic rings. The summed E-state index contributed by atoms with van der Waals surface area (Å²) < 4.78 is 0. The molecular weight excluding hydrogens is 148 g/mol. The molecule has 0 atom stereocenters. The van der Waals surface area contributed by atoms with E-state index in [1.54, 1.807) is 6.92 Å². The zero-order valence-corrected chi connectivity index (χ0v) is 8.05. The van der Waals surface area contributed by atoms with Gasteiger partial charge in [-0.15, -0.1) is 0 Å². The van der Waals surface area contributed by atoms with Gasteiger partial charge in [0.15, 0.2) is 0 Å². The molecule has 12 heavy (non-hydrogen) atoms. The van der Waals surface area contributed by atoms with Crippen LogP contribution in [0.1, 0.15) is 27.2 Å². The first kappa shape index (κ1) is 10.9. The van der Waals surface area contributed by atoms with E-state index >= 15 is 0 Å². The molecule has 0 amide bonds. The minimum absolute atomic E-state index is 0.189. The van der Waals surface area contributed by atoms with Crippen LogP contribution in [0.4, 0.5) is 0 Å². The molecule has 0 spiro atoms. The van der Waals surface area contributed by atoms with Gasteiger partial charge in [0.2, 0.25) is 0 Å². The molecule has 1 heteroatoms. The lowest BCUT2D eigenvalue weighted by atomic mass is 10.1. The summed E-state index contributed by atoms with van der Waals surface area (Å²) in [7, 11) is 0. The summed E-state index contributed by atoms with van der Waals surface area (Å²) in [6.07, 6.45) is 6.31. The van der Waals surface area contributed by atoms with Crippen molar-refractivity contribution in [3.63, 3.8) is 0 Å². The second kappa shape index (κ2) is 5.53. The minimum Gasteiger partial charge on any atom is -0.300 e. The lowest BCUT2D eigenvalue weighted by Gasteiger charge is -1.96. The zero-order valence-electron chi connectivity index (χ0n) is 8.05. The summed E-state index contributed by atoms with van der Waals surface area (Å²) >= 11 is 0. The van der Waals surface area contributed by atoms with Gasteiger partial charge in [-0.25, -0.2) is 0 Å². The number of hydrogen-bond acceptors (Lipinski definition) is 1. The Morgan fingerprint density at radius 2 is 1.92 bits per heavy atom. The van der Waals surface area contributed by atoms with Crippen molar-refractivity contribution in [3.8, 4) is 0 Å². The Hall–Kier alpha value is -1.11. The summed E-state index contributed by atoms with van der Waals surface area (Å²) in [5.74, 6) is 0.189. The van der Waals surface area contributed by atoms with E-state index in [1.807, 2.05) is 32.1 Å². The van der Waals surface area contributed by atoms with Gasteiger partial charge in [0.1, 0.15) is 5.78 Å². The first-order valence-electron chi connectivity index (χ1n) is 4.04. The van der Waals surface area contributed by atoms with Crippen molar-refractivity contribution in [1.82, 2.24) is 0 Å². The van der Waals surface area contributed by atoms with Crippen molar-refractivity contribution >= 4 is 5.78 Å². The number of carbonyl (C=O) groups is 1. The Balaban J connectivity index is 4.20. The molecule has 0 aromatic heterocycles. The molecule has 0 aromatic carbocycles. The molecular formula is C11H16O. The van der Waals surface area contributed by atoms with Crippen molar-refractivity contribution < 1.29 is 4.79 Å². The summed E-state index contributed by atoms with van der Waals surface area (Å²) in [6, 6.07) is 0. The molecule has 0 heterocycles. The van der Waals surface area contributed by atoms with Crippen LogP contribution in [-0.2, 0) is 4.79 Å². The molecule has 0 aliphatic rings. The van der Waals surface area contributed by atoms with Crippen LogP contribution >= 0.6 is 0 Å². The fourth-order valence-corrected chi connectivity index (χ4v) is 0.794. The molecule has 0 saturated carbocycles. The van der Waals surface area contributed by atoms with E-state index in [4.69, 9.17) is 0 Å². The highest BCUT2D eigenvalue weighted by Gasteiger charge is 1.95. The van der Waals surface area contributed by atoms with Gasteiger partial charge < -0.3 is 0 Å². The summed E-state index contributed by atoms with van der Waals surface area (Å²) in [4.78, 5) is 10.8. The summed E-state index contributed by atoms with van der Waals surface area (Å²) in [6.45, 7) is 9.20. The SMILES string of the molecule is C=C(C)/C=C\C(=C/C)CC(C)=O. The average Bonchev–Trinajstić information content (AvgIpc) is 1.97. The Labute approximate surface area is 74.5 Å². The highest BCUT2D eigenvalue weighted by Crippen LogP contribution is 2.05. The number of carbonyl (C=O) groups excluding carboxylic acids is 1. The van der Waals surface area contributed by atoms with E-state index in [2.05, 4.69) is 6.58 Å². The Morgan fingerprint density at radius 3 is 2.25 bits per heavy atom. The Kier molecular flexibility index (Phi) is 5.02. The molecule has 0 fully saturated rings. The van der Waals surface area contributed by atoms with Crippen LogP contribution in [0.25, 0.3) is 0 Å². The van der Waals surface area contributed by atoms with Crippen molar-refractivity contribution in [2.45, 2.75) is 27.2 Å². The van der Waals surface area contributed by atoms with Crippen LogP contribution in [0.2, 0.25) is 0 Å². The molecule has 0 unspecified atom stereocenters. The van der Waals surface area contributed by atoms with Crippen molar-refractivity contribution in [3.05, 3.63) is 36.0 Å². The molecule has 0 radical (unpaired) electrons. The average molecular weight is 164 g/mol. The third kappa shape index (κ3) is 5.66. The van der Waals surface area contributed by atoms with Crippen LogP contribution in [0, 0.1) is 0 Å². The smallest absolute Gasteiger partial charge is 0.134 e. The molecule has 0 aliphatic heterocycles. The first-order chi connectivity index (χ1) is 5.56. The lowest BCUT2D eigenvalue weighted by Crippen LogP contribution is -1.90. The number of ketones is 1. The third-order valence-electron chi connectivity index (χ3n) is 1.41. The van der Waals surface area contributed by atoms with Crippen LogP contribution in [0.3, 0.4) is 0 Å². The fraction of sp³-hybridized carbons (Fsp3) is 0.364. The summed E-state index contributed by atoms with van der Waals surface area (Å²) in [5, 5.41) is 0. The van der Waals surface area contributed by atoms with Gasteiger partial charge in [0.25, 0.3) is 0 Å². The van der Waals surface area contributed by atoms with Gasteiger partial charge in [-0.1, -0.05) is 30.4 Å². The monoisotopic (exact) mass is 164 g/mol. The zero-order chi connectivity index (χ0) is 9.56. The second-order valence-corrected chi connectivity index (χ2v) is 2.92. The van der Waals surface area contributed by atoms with Gasteiger partial charge in [0.05, 0.1) is 0 Å². The Bertz CT molecular complexity index is 231. The largest absolute Gasteiger partial charge is 0.300 e. The van der Waals surface area contributed by atoms with Crippen LogP contribution < -0.4 is 0 Å². The fourth-order valence-electron chi connectivity index (χ4n) is 0.794. The maximum Gasteiger partial charge on any atom is 0.134 e. The van der Waals surface area contributed by atoms with Crippen LogP contribution in [0.5, 0.6) is 0 Å². The van der Waals surface area contributed by atoms with E-state index < -0.39 is 0 Å². The minimum atomic E-state index is 0.189. The number of allylic oxidation sites excluding steroid dienone is 5. The number of Topliss-reactive ketones (excluding diaryl/α,β-unsaturated/α-hetero) is 1. The van der Waals surface area contributed by atoms with E-state index in [0.29, 0.717) is 6.42 Å². The van der Waals surface area contributed by atoms with Gasteiger partial charge in [0, 0.05) is 6.42 Å². The second-order valence-electron chi connectivity index (χ2n) is 2.92. The molecule has 0 rings (SSSR count). The van der Waals surface area contributed by atoms with E-state index in [-0.39, 0.29) is 5.78 Å². The molecule has 66 valence electrons. The van der Waals surface area contributed by atoms with E-state index in [0.717, 1.165) is 11.1 Å². The molecule has 0 N–H and O–H groups in total. The third-order valence-corrected chi connectivity index (χ3v) is 1.41. The standard InChI is InChI=1S/C11H16O/c1-5-11(8-10(4)12)7-6-9(2)3/h5-7H,2,8H2,1,3-4H3/b7-6-,11-5+. The van der Waals surface area contributed by atoms with Gasteiger partial charge >= 0.3 is 0 Å².